The normalized spacial score (nSPS) is 11.7. The molecule has 7 nitrogen and oxygen atoms in total. The molecule has 0 saturated heterocycles. The molecule has 1 rings (SSSR count). The third-order valence-corrected chi connectivity index (χ3v) is 4.83. The SMILES string of the molecule is CCN(CC)N(C(C)=O)c1cc([As](=O)(O)O)ccc1O. The number of hydrogen-bond donors (Lipinski definition) is 3. The second-order valence-electron chi connectivity index (χ2n) is 4.19. The van der Waals surface area contributed by atoms with Gasteiger partial charge in [0.2, 0.25) is 0 Å². The Morgan fingerprint density at radius 2 is 1.80 bits per heavy atom. The number of benzene rings is 1. The molecule has 8 heteroatoms. The summed E-state index contributed by atoms with van der Waals surface area (Å²) in [6.07, 6.45) is 0. The van der Waals surface area contributed by atoms with Gasteiger partial charge in [-0.3, -0.25) is 0 Å². The van der Waals surface area contributed by atoms with Crippen LogP contribution in [0.15, 0.2) is 18.2 Å². The Labute approximate surface area is 120 Å². The van der Waals surface area contributed by atoms with E-state index in [4.69, 9.17) is 0 Å². The first-order valence-electron chi connectivity index (χ1n) is 6.17. The summed E-state index contributed by atoms with van der Waals surface area (Å²) in [5.41, 5.74) is 0.0726. The van der Waals surface area contributed by atoms with Crippen LogP contribution in [0.5, 0.6) is 5.75 Å². The topological polar surface area (TPSA) is 101 Å². The molecule has 0 unspecified atom stereocenters. The van der Waals surface area contributed by atoms with E-state index in [1.807, 2.05) is 13.8 Å². The van der Waals surface area contributed by atoms with E-state index in [1.54, 1.807) is 5.01 Å². The molecule has 0 heterocycles. The van der Waals surface area contributed by atoms with Gasteiger partial charge in [-0.25, -0.2) is 0 Å². The van der Waals surface area contributed by atoms with Crippen molar-refractivity contribution in [2.45, 2.75) is 20.8 Å². The number of carbonyl (C=O) groups excluding carboxylic acids is 1. The number of hydrazine groups is 1. The Balaban J connectivity index is 3.40. The van der Waals surface area contributed by atoms with Crippen LogP contribution in [0.2, 0.25) is 0 Å². The number of carbonyl (C=O) groups is 1. The fourth-order valence-electron chi connectivity index (χ4n) is 1.89. The van der Waals surface area contributed by atoms with Gasteiger partial charge in [-0.1, -0.05) is 0 Å². The minimum atomic E-state index is -5.09. The molecule has 0 aliphatic carbocycles. The van der Waals surface area contributed by atoms with Crippen LogP contribution in [0.25, 0.3) is 0 Å². The van der Waals surface area contributed by atoms with Crippen LogP contribution in [0, 0.1) is 0 Å². The number of nitrogens with zero attached hydrogens (tertiary/aromatic N) is 2. The molecule has 0 aliphatic rings. The molecule has 0 radical (unpaired) electrons. The Bertz CT molecular complexity index is 539. The zero-order chi connectivity index (χ0) is 15.5. The zero-order valence-corrected chi connectivity index (χ0v) is 13.5. The molecule has 0 fully saturated rings. The van der Waals surface area contributed by atoms with E-state index in [-0.39, 0.29) is 21.7 Å². The molecule has 3 N–H and O–H groups in total. The van der Waals surface area contributed by atoms with E-state index >= 15 is 0 Å². The molecule has 1 aromatic carbocycles. The van der Waals surface area contributed by atoms with Gasteiger partial charge in [0, 0.05) is 0 Å². The fourth-order valence-corrected chi connectivity index (χ4v) is 3.06. The summed E-state index contributed by atoms with van der Waals surface area (Å²) < 4.78 is 29.7. The fraction of sp³-hybridized carbons (Fsp3) is 0.417. The van der Waals surface area contributed by atoms with Gasteiger partial charge in [-0.2, -0.15) is 0 Å². The number of phenolic OH excluding ortho intramolecular Hbond substituents is 1. The molecule has 112 valence electrons. The number of phenols is 1. The van der Waals surface area contributed by atoms with Crippen molar-refractivity contribution in [2.24, 2.45) is 0 Å². The Morgan fingerprint density at radius 3 is 2.20 bits per heavy atom. The third-order valence-electron chi connectivity index (χ3n) is 2.83. The van der Waals surface area contributed by atoms with E-state index in [0.29, 0.717) is 13.1 Å². The number of aromatic hydroxyl groups is 1. The van der Waals surface area contributed by atoms with Crippen molar-refractivity contribution in [3.05, 3.63) is 18.2 Å². The van der Waals surface area contributed by atoms with Gasteiger partial charge in [0.25, 0.3) is 0 Å². The number of rotatable bonds is 5. The van der Waals surface area contributed by atoms with E-state index in [9.17, 15) is 21.8 Å². The van der Waals surface area contributed by atoms with E-state index in [1.165, 1.54) is 24.1 Å². The molecule has 0 saturated carbocycles. The van der Waals surface area contributed by atoms with E-state index < -0.39 is 14.2 Å². The van der Waals surface area contributed by atoms with Crippen LogP contribution in [-0.2, 0) is 8.53 Å². The van der Waals surface area contributed by atoms with E-state index in [0.717, 1.165) is 6.07 Å². The summed E-state index contributed by atoms with van der Waals surface area (Å²) in [6, 6.07) is 3.51. The Hall–Kier alpha value is -1.27. The average Bonchev–Trinajstić information content (AvgIpc) is 2.35. The molecule has 1 aromatic rings. The summed E-state index contributed by atoms with van der Waals surface area (Å²) >= 11 is -5.09. The molecule has 0 aromatic heterocycles. The molecule has 0 aliphatic heterocycles. The first-order chi connectivity index (χ1) is 9.22. The first-order valence-corrected chi connectivity index (χ1v) is 9.55. The monoisotopic (exact) mass is 346 g/mol. The van der Waals surface area contributed by atoms with Crippen molar-refractivity contribution in [1.82, 2.24) is 5.01 Å². The number of anilines is 1. The van der Waals surface area contributed by atoms with Gasteiger partial charge in [0.1, 0.15) is 0 Å². The molecular weight excluding hydrogens is 327 g/mol. The summed E-state index contributed by atoms with van der Waals surface area (Å²) in [7, 11) is 0. The maximum absolute atomic E-state index is 11.8. The summed E-state index contributed by atoms with van der Waals surface area (Å²) in [5.74, 6) is -0.557. The van der Waals surface area contributed by atoms with Crippen LogP contribution in [0.3, 0.4) is 0 Å². The number of amides is 1. The zero-order valence-electron chi connectivity index (χ0n) is 11.6. The molecular formula is C12H19AsN2O5. The summed E-state index contributed by atoms with van der Waals surface area (Å²) in [6.45, 7) is 6.04. The van der Waals surface area contributed by atoms with Crippen LogP contribution in [0.4, 0.5) is 5.69 Å². The summed E-state index contributed by atoms with van der Waals surface area (Å²) in [5, 5.41) is 12.8. The molecule has 0 atom stereocenters. The van der Waals surface area contributed by atoms with Gasteiger partial charge in [-0.05, 0) is 0 Å². The Kier molecular flexibility index (Phi) is 5.41. The van der Waals surface area contributed by atoms with Gasteiger partial charge >= 0.3 is 120 Å². The van der Waals surface area contributed by atoms with Crippen LogP contribution in [0.1, 0.15) is 20.8 Å². The van der Waals surface area contributed by atoms with Crippen molar-refractivity contribution in [3.8, 4) is 5.75 Å². The minimum absolute atomic E-state index is 0.0726. The maximum atomic E-state index is 11.8. The van der Waals surface area contributed by atoms with Gasteiger partial charge in [0.15, 0.2) is 0 Å². The van der Waals surface area contributed by atoms with Crippen LogP contribution in [-0.4, -0.2) is 51.5 Å². The Morgan fingerprint density at radius 1 is 1.25 bits per heavy atom. The molecule has 0 bridgehead atoms. The van der Waals surface area contributed by atoms with Gasteiger partial charge in [0.05, 0.1) is 0 Å². The molecule has 1 amide bonds. The van der Waals surface area contributed by atoms with Crippen LogP contribution >= 0.6 is 0 Å². The predicted octanol–water partition coefficient (Wildman–Crippen LogP) is -0.437. The van der Waals surface area contributed by atoms with Crippen molar-refractivity contribution in [1.29, 1.82) is 0 Å². The third kappa shape index (κ3) is 3.64. The van der Waals surface area contributed by atoms with Gasteiger partial charge in [-0.15, -0.1) is 0 Å². The standard InChI is InChI=1S/C12H19AsN2O5/c1-4-14(5-2)15(9(3)16)11-8-10(13(18,19)20)6-7-12(11)17/h6-8,17H,4-5H2,1-3H3,(H2,18,19,20). The predicted molar refractivity (Wildman–Crippen MR) is 74.7 cm³/mol. The number of hydrogen-bond acceptors (Lipinski definition) is 4. The van der Waals surface area contributed by atoms with Gasteiger partial charge < -0.3 is 0 Å². The quantitative estimate of drug-likeness (QED) is 0.494. The van der Waals surface area contributed by atoms with E-state index in [2.05, 4.69) is 0 Å². The van der Waals surface area contributed by atoms with Crippen molar-refractivity contribution < 1.29 is 21.8 Å². The van der Waals surface area contributed by atoms with Crippen molar-refractivity contribution in [2.75, 3.05) is 18.1 Å². The summed E-state index contributed by atoms with van der Waals surface area (Å²) in [4.78, 5) is 11.8. The molecule has 20 heavy (non-hydrogen) atoms. The molecule has 0 spiro atoms. The van der Waals surface area contributed by atoms with Crippen LogP contribution < -0.4 is 9.36 Å². The second-order valence-corrected chi connectivity index (χ2v) is 7.55. The van der Waals surface area contributed by atoms with Crippen molar-refractivity contribution >= 4 is 30.1 Å². The van der Waals surface area contributed by atoms with Crippen molar-refractivity contribution in [3.63, 3.8) is 0 Å². The second kappa shape index (κ2) is 6.45. The average molecular weight is 346 g/mol. The first kappa shape index (κ1) is 16.8.